The Morgan fingerprint density at radius 1 is 1.02 bits per heavy atom. The van der Waals surface area contributed by atoms with Crippen LogP contribution in [-0.4, -0.2) is 28.3 Å². The molecule has 40 heavy (non-hydrogen) atoms. The number of ether oxygens (including phenoxy) is 1. The summed E-state index contributed by atoms with van der Waals surface area (Å²) >= 11 is 1.29. The molecular formula is C33H33N3O3S. The van der Waals surface area contributed by atoms with Crippen molar-refractivity contribution in [2.45, 2.75) is 56.0 Å². The zero-order valence-electron chi connectivity index (χ0n) is 22.9. The molecule has 204 valence electrons. The van der Waals surface area contributed by atoms with Gasteiger partial charge in [-0.3, -0.25) is 14.2 Å². The van der Waals surface area contributed by atoms with Crippen molar-refractivity contribution in [3.63, 3.8) is 0 Å². The number of methoxy groups -OCH3 is 1. The predicted octanol–water partition coefficient (Wildman–Crippen LogP) is 6.71. The van der Waals surface area contributed by atoms with Crippen molar-refractivity contribution >= 4 is 23.4 Å². The van der Waals surface area contributed by atoms with Gasteiger partial charge in [0.1, 0.15) is 5.75 Å². The molecule has 1 aromatic heterocycles. The Bertz CT molecular complexity index is 1620. The van der Waals surface area contributed by atoms with Gasteiger partial charge in [-0.25, -0.2) is 4.98 Å². The second-order valence-corrected chi connectivity index (χ2v) is 11.8. The third-order valence-electron chi connectivity index (χ3n) is 8.17. The van der Waals surface area contributed by atoms with Gasteiger partial charge >= 0.3 is 0 Å². The number of aryl methyl sites for hydroxylation is 1. The summed E-state index contributed by atoms with van der Waals surface area (Å²) in [5.41, 5.74) is 6.25. The largest absolute Gasteiger partial charge is 0.497 e. The fraction of sp³-hybridized carbons (Fsp3) is 0.303. The predicted molar refractivity (Wildman–Crippen MR) is 161 cm³/mol. The highest BCUT2D eigenvalue weighted by Crippen LogP contribution is 2.49. The first-order chi connectivity index (χ1) is 19.5. The molecule has 0 saturated heterocycles. The Labute approximate surface area is 238 Å². The molecule has 1 heterocycles. The summed E-state index contributed by atoms with van der Waals surface area (Å²) in [4.78, 5) is 32.8. The summed E-state index contributed by atoms with van der Waals surface area (Å²) in [6, 6.07) is 23.6. The standard InChI is InChI=1S/C33H33N3O3S/c1-22-13-15-25(16-14-22)36-31(38)29-30(27-12-5-4-9-23(27)20-33(29)17-6-3-7-18-33)35-32(36)40-21-28(37)34-24-10-8-11-26(19-24)39-2/h4-5,8-16,19H,3,6-7,17-18,20-21H2,1-2H3,(H,34,37). The highest BCUT2D eigenvalue weighted by Gasteiger charge is 2.43. The normalized spacial score (nSPS) is 15.2. The molecule has 1 amide bonds. The van der Waals surface area contributed by atoms with Gasteiger partial charge in [-0.05, 0) is 56.0 Å². The molecule has 2 aliphatic rings. The summed E-state index contributed by atoms with van der Waals surface area (Å²) in [5, 5.41) is 3.46. The van der Waals surface area contributed by atoms with Crippen molar-refractivity contribution in [3.8, 4) is 22.7 Å². The number of rotatable bonds is 6. The van der Waals surface area contributed by atoms with Gasteiger partial charge in [-0.15, -0.1) is 0 Å². The first-order valence-corrected chi connectivity index (χ1v) is 14.9. The van der Waals surface area contributed by atoms with Crippen LogP contribution in [0.25, 0.3) is 16.9 Å². The molecule has 1 fully saturated rings. The number of amides is 1. The highest BCUT2D eigenvalue weighted by atomic mass is 32.2. The Hall–Kier alpha value is -3.84. The number of fused-ring (bicyclic) bond motifs is 4. The summed E-state index contributed by atoms with van der Waals surface area (Å²) < 4.78 is 7.00. The first-order valence-electron chi connectivity index (χ1n) is 13.9. The molecule has 0 atom stereocenters. The van der Waals surface area contributed by atoms with Crippen LogP contribution in [0.2, 0.25) is 0 Å². The first kappa shape index (κ1) is 26.4. The number of hydrogen-bond donors (Lipinski definition) is 1. The third-order valence-corrected chi connectivity index (χ3v) is 9.11. The van der Waals surface area contributed by atoms with Gasteiger partial charge in [-0.1, -0.05) is 79.1 Å². The van der Waals surface area contributed by atoms with Crippen LogP contribution < -0.4 is 15.6 Å². The van der Waals surface area contributed by atoms with Crippen LogP contribution in [0.4, 0.5) is 5.69 Å². The summed E-state index contributed by atoms with van der Waals surface area (Å²) in [7, 11) is 1.60. The van der Waals surface area contributed by atoms with Crippen LogP contribution in [0.15, 0.2) is 82.7 Å². The summed E-state index contributed by atoms with van der Waals surface area (Å²) in [6.45, 7) is 2.03. The number of hydrogen-bond acceptors (Lipinski definition) is 5. The minimum Gasteiger partial charge on any atom is -0.497 e. The maximum atomic E-state index is 14.6. The van der Waals surface area contributed by atoms with E-state index in [4.69, 9.17) is 9.72 Å². The van der Waals surface area contributed by atoms with Crippen molar-refractivity contribution < 1.29 is 9.53 Å². The number of benzene rings is 3. The van der Waals surface area contributed by atoms with Gasteiger partial charge in [0.05, 0.1) is 29.8 Å². The van der Waals surface area contributed by atoms with Gasteiger partial charge in [0.15, 0.2) is 5.16 Å². The van der Waals surface area contributed by atoms with Gasteiger partial charge in [-0.2, -0.15) is 0 Å². The van der Waals surface area contributed by atoms with E-state index in [0.717, 1.165) is 60.2 Å². The fourth-order valence-corrected chi connectivity index (χ4v) is 7.04. The maximum absolute atomic E-state index is 14.6. The zero-order chi connectivity index (χ0) is 27.7. The third kappa shape index (κ3) is 4.94. The summed E-state index contributed by atoms with van der Waals surface area (Å²) in [6.07, 6.45) is 6.30. The average Bonchev–Trinajstić information content (AvgIpc) is 2.97. The number of carbonyl (C=O) groups is 1. The number of anilines is 1. The molecule has 1 N–H and O–H groups in total. The van der Waals surface area contributed by atoms with Gasteiger partial charge in [0.25, 0.3) is 5.56 Å². The van der Waals surface area contributed by atoms with Gasteiger partial charge in [0.2, 0.25) is 5.91 Å². The Morgan fingerprint density at radius 3 is 2.58 bits per heavy atom. The molecule has 2 aliphatic carbocycles. The van der Waals surface area contributed by atoms with Crippen molar-refractivity contribution in [2.24, 2.45) is 0 Å². The van der Waals surface area contributed by atoms with Crippen molar-refractivity contribution in [1.29, 1.82) is 0 Å². The molecule has 3 aromatic carbocycles. The van der Waals surface area contributed by atoms with E-state index < -0.39 is 0 Å². The highest BCUT2D eigenvalue weighted by molar-refractivity contribution is 7.99. The van der Waals surface area contributed by atoms with E-state index in [0.29, 0.717) is 16.6 Å². The van der Waals surface area contributed by atoms with E-state index in [-0.39, 0.29) is 22.6 Å². The molecule has 6 rings (SSSR count). The number of aromatic nitrogens is 2. The second kappa shape index (κ2) is 11.0. The molecule has 0 bridgehead atoms. The van der Waals surface area contributed by atoms with Crippen LogP contribution in [0.5, 0.6) is 5.75 Å². The Morgan fingerprint density at radius 2 is 1.80 bits per heavy atom. The molecule has 0 aliphatic heterocycles. The lowest BCUT2D eigenvalue weighted by Crippen LogP contribution is -2.43. The molecule has 0 radical (unpaired) electrons. The minimum absolute atomic E-state index is 0.0130. The summed E-state index contributed by atoms with van der Waals surface area (Å²) in [5.74, 6) is 0.608. The van der Waals surface area contributed by atoms with Gasteiger partial charge in [0, 0.05) is 22.7 Å². The van der Waals surface area contributed by atoms with Crippen LogP contribution >= 0.6 is 11.8 Å². The maximum Gasteiger partial charge on any atom is 0.263 e. The lowest BCUT2D eigenvalue weighted by molar-refractivity contribution is -0.113. The van der Waals surface area contributed by atoms with E-state index >= 15 is 0 Å². The lowest BCUT2D eigenvalue weighted by Gasteiger charge is -2.42. The Balaban J connectivity index is 1.44. The fourth-order valence-electron chi connectivity index (χ4n) is 6.23. The van der Waals surface area contributed by atoms with E-state index in [9.17, 15) is 9.59 Å². The SMILES string of the molecule is COc1cccc(NC(=O)CSc2nc3c(c(=O)n2-c2ccc(C)cc2)C2(CCCCC2)Cc2ccccc2-3)c1. The number of thioether (sulfide) groups is 1. The molecule has 4 aromatic rings. The number of nitrogens with zero attached hydrogens (tertiary/aromatic N) is 2. The number of carbonyl (C=O) groups excluding carboxylic acids is 1. The zero-order valence-corrected chi connectivity index (χ0v) is 23.7. The molecular weight excluding hydrogens is 518 g/mol. The van der Waals surface area contributed by atoms with Crippen LogP contribution in [0.3, 0.4) is 0 Å². The molecule has 7 heteroatoms. The quantitative estimate of drug-likeness (QED) is 0.213. The van der Waals surface area contributed by atoms with E-state index in [1.807, 2.05) is 55.5 Å². The van der Waals surface area contributed by atoms with E-state index in [2.05, 4.69) is 23.5 Å². The van der Waals surface area contributed by atoms with Crippen molar-refractivity contribution in [3.05, 3.63) is 99.8 Å². The molecule has 0 unspecified atom stereocenters. The van der Waals surface area contributed by atoms with Crippen molar-refractivity contribution in [1.82, 2.24) is 9.55 Å². The number of nitrogens with one attached hydrogen (secondary N) is 1. The van der Waals surface area contributed by atoms with Gasteiger partial charge < -0.3 is 10.1 Å². The Kier molecular flexibility index (Phi) is 7.24. The van der Waals surface area contributed by atoms with Crippen LogP contribution in [0, 0.1) is 6.92 Å². The van der Waals surface area contributed by atoms with Crippen LogP contribution in [-0.2, 0) is 16.6 Å². The molecule has 6 nitrogen and oxygen atoms in total. The van der Waals surface area contributed by atoms with Crippen LogP contribution in [0.1, 0.15) is 48.8 Å². The topological polar surface area (TPSA) is 73.2 Å². The molecule has 1 saturated carbocycles. The second-order valence-electron chi connectivity index (χ2n) is 10.8. The molecule has 1 spiro atoms. The average molecular weight is 552 g/mol. The minimum atomic E-state index is -0.203. The van der Waals surface area contributed by atoms with E-state index in [1.54, 1.807) is 17.7 Å². The monoisotopic (exact) mass is 551 g/mol. The van der Waals surface area contributed by atoms with E-state index in [1.165, 1.54) is 23.7 Å². The smallest absolute Gasteiger partial charge is 0.263 e. The van der Waals surface area contributed by atoms with Crippen molar-refractivity contribution in [2.75, 3.05) is 18.2 Å². The lowest BCUT2D eigenvalue weighted by atomic mass is 9.62.